The first kappa shape index (κ1) is 22.3. The molecule has 0 aromatic heterocycles. The summed E-state index contributed by atoms with van der Waals surface area (Å²) < 4.78 is 5.42. The topological polar surface area (TPSA) is 84.7 Å². The maximum absolute atomic E-state index is 12.4. The van der Waals surface area contributed by atoms with Crippen LogP contribution in [-0.2, 0) is 9.59 Å². The van der Waals surface area contributed by atoms with Gasteiger partial charge in [-0.05, 0) is 49.1 Å². The number of nitrogens with zero attached hydrogens (tertiary/aromatic N) is 1. The smallest absolute Gasteiger partial charge is 0.259 e. The molecule has 26 heavy (non-hydrogen) atoms. The van der Waals surface area contributed by atoms with Crippen LogP contribution in [0.1, 0.15) is 38.5 Å². The standard InChI is InChI=1S/C19H29N3O3.ClH/c1-22(2)18(24)13-25-16-8-6-15(7-9-16)21-17(23)12-19(14-20)10-4-3-5-11-19;/h6-9H,3-5,10-14,20H2,1-2H3,(H,21,23);1H. The van der Waals surface area contributed by atoms with Crippen molar-refractivity contribution in [3.8, 4) is 5.75 Å². The van der Waals surface area contributed by atoms with Crippen LogP contribution in [0.15, 0.2) is 24.3 Å². The molecule has 0 saturated heterocycles. The van der Waals surface area contributed by atoms with Gasteiger partial charge in [0.25, 0.3) is 5.91 Å². The number of nitrogens with one attached hydrogen (secondary N) is 1. The Kier molecular flexibility index (Phi) is 8.88. The Labute approximate surface area is 161 Å². The van der Waals surface area contributed by atoms with Crippen molar-refractivity contribution < 1.29 is 14.3 Å². The van der Waals surface area contributed by atoms with Crippen molar-refractivity contribution in [3.05, 3.63) is 24.3 Å². The molecule has 0 aliphatic heterocycles. The molecule has 0 spiro atoms. The second-order valence-electron chi connectivity index (χ2n) is 7.09. The Morgan fingerprint density at radius 3 is 2.31 bits per heavy atom. The number of ether oxygens (including phenoxy) is 1. The Balaban J connectivity index is 0.00000338. The van der Waals surface area contributed by atoms with E-state index in [1.807, 2.05) is 0 Å². The number of benzene rings is 1. The molecule has 146 valence electrons. The van der Waals surface area contributed by atoms with Crippen molar-refractivity contribution in [1.29, 1.82) is 0 Å². The van der Waals surface area contributed by atoms with Gasteiger partial charge >= 0.3 is 0 Å². The van der Waals surface area contributed by atoms with Crippen LogP contribution in [0, 0.1) is 5.41 Å². The van der Waals surface area contributed by atoms with E-state index >= 15 is 0 Å². The number of carbonyl (C=O) groups is 2. The van der Waals surface area contributed by atoms with Crippen LogP contribution in [0.5, 0.6) is 5.75 Å². The zero-order valence-corrected chi connectivity index (χ0v) is 16.4. The van der Waals surface area contributed by atoms with Gasteiger partial charge in [0.05, 0.1) is 0 Å². The van der Waals surface area contributed by atoms with E-state index in [4.69, 9.17) is 10.5 Å². The van der Waals surface area contributed by atoms with Gasteiger partial charge < -0.3 is 20.7 Å². The van der Waals surface area contributed by atoms with E-state index in [9.17, 15) is 9.59 Å². The summed E-state index contributed by atoms with van der Waals surface area (Å²) in [7, 11) is 3.37. The van der Waals surface area contributed by atoms with Crippen molar-refractivity contribution in [2.24, 2.45) is 11.1 Å². The zero-order valence-electron chi connectivity index (χ0n) is 15.6. The van der Waals surface area contributed by atoms with E-state index in [0.29, 0.717) is 18.7 Å². The largest absolute Gasteiger partial charge is 0.484 e. The third kappa shape index (κ3) is 6.50. The van der Waals surface area contributed by atoms with Crippen LogP contribution < -0.4 is 15.8 Å². The van der Waals surface area contributed by atoms with Crippen LogP contribution in [0.2, 0.25) is 0 Å². The molecule has 1 fully saturated rings. The average molecular weight is 384 g/mol. The number of rotatable bonds is 7. The van der Waals surface area contributed by atoms with Crippen molar-refractivity contribution in [3.63, 3.8) is 0 Å². The van der Waals surface area contributed by atoms with Gasteiger partial charge in [-0.1, -0.05) is 19.3 Å². The lowest BCUT2D eigenvalue weighted by Crippen LogP contribution is -2.36. The zero-order chi connectivity index (χ0) is 18.3. The summed E-state index contributed by atoms with van der Waals surface area (Å²) in [6.45, 7) is 0.560. The maximum Gasteiger partial charge on any atom is 0.259 e. The van der Waals surface area contributed by atoms with Crippen LogP contribution in [-0.4, -0.2) is 44.0 Å². The molecule has 0 bridgehead atoms. The minimum atomic E-state index is -0.100. The first-order valence-corrected chi connectivity index (χ1v) is 8.87. The maximum atomic E-state index is 12.4. The van der Waals surface area contributed by atoms with E-state index in [1.165, 1.54) is 11.3 Å². The third-order valence-corrected chi connectivity index (χ3v) is 4.88. The van der Waals surface area contributed by atoms with E-state index < -0.39 is 0 Å². The van der Waals surface area contributed by atoms with Gasteiger partial charge in [-0.2, -0.15) is 0 Å². The number of carbonyl (C=O) groups excluding carboxylic acids is 2. The summed E-state index contributed by atoms with van der Waals surface area (Å²) in [4.78, 5) is 25.4. The number of hydrogen-bond donors (Lipinski definition) is 2. The van der Waals surface area contributed by atoms with Crippen molar-refractivity contribution in [1.82, 2.24) is 4.90 Å². The highest BCUT2D eigenvalue weighted by Gasteiger charge is 2.32. The van der Waals surface area contributed by atoms with Crippen LogP contribution in [0.3, 0.4) is 0 Å². The summed E-state index contributed by atoms with van der Waals surface area (Å²) in [5.41, 5.74) is 6.63. The summed E-state index contributed by atoms with van der Waals surface area (Å²) in [6.07, 6.45) is 6.08. The van der Waals surface area contributed by atoms with Gasteiger partial charge in [0.1, 0.15) is 5.75 Å². The van der Waals surface area contributed by atoms with Crippen LogP contribution >= 0.6 is 12.4 Å². The number of nitrogens with two attached hydrogens (primary N) is 1. The number of anilines is 1. The van der Waals surface area contributed by atoms with Gasteiger partial charge in [0.15, 0.2) is 6.61 Å². The summed E-state index contributed by atoms with van der Waals surface area (Å²) in [5.74, 6) is 0.500. The predicted octanol–water partition coefficient (Wildman–Crippen LogP) is 2.81. The van der Waals surface area contributed by atoms with E-state index in [2.05, 4.69) is 5.32 Å². The van der Waals surface area contributed by atoms with E-state index in [0.717, 1.165) is 31.4 Å². The average Bonchev–Trinajstić information content (AvgIpc) is 2.61. The van der Waals surface area contributed by atoms with Crippen molar-refractivity contribution >= 4 is 29.9 Å². The highest BCUT2D eigenvalue weighted by Crippen LogP contribution is 2.38. The molecule has 1 aliphatic rings. The van der Waals surface area contributed by atoms with E-state index in [-0.39, 0.29) is 36.2 Å². The van der Waals surface area contributed by atoms with Crippen molar-refractivity contribution in [2.45, 2.75) is 38.5 Å². The fourth-order valence-corrected chi connectivity index (χ4v) is 3.21. The molecule has 1 aromatic carbocycles. The lowest BCUT2D eigenvalue weighted by atomic mass is 9.71. The van der Waals surface area contributed by atoms with Crippen LogP contribution in [0.25, 0.3) is 0 Å². The Morgan fingerprint density at radius 2 is 1.77 bits per heavy atom. The van der Waals surface area contributed by atoms with Gasteiger partial charge in [-0.15, -0.1) is 12.4 Å². The molecule has 6 nitrogen and oxygen atoms in total. The summed E-state index contributed by atoms with van der Waals surface area (Å²) >= 11 is 0. The highest BCUT2D eigenvalue weighted by molar-refractivity contribution is 5.91. The molecule has 7 heteroatoms. The Bertz CT molecular complexity index is 584. The molecule has 0 heterocycles. The predicted molar refractivity (Wildman–Crippen MR) is 106 cm³/mol. The highest BCUT2D eigenvalue weighted by atomic mass is 35.5. The van der Waals surface area contributed by atoms with Crippen LogP contribution in [0.4, 0.5) is 5.69 Å². The quantitative estimate of drug-likeness (QED) is 0.758. The molecule has 2 amide bonds. The normalized spacial score (nSPS) is 15.5. The molecule has 0 radical (unpaired) electrons. The molecular formula is C19H30ClN3O3. The third-order valence-electron chi connectivity index (χ3n) is 4.88. The van der Waals surface area contributed by atoms with Crippen molar-refractivity contribution in [2.75, 3.05) is 32.6 Å². The number of hydrogen-bond acceptors (Lipinski definition) is 4. The Hall–Kier alpha value is -1.79. The number of likely N-dealkylation sites (N-methyl/N-ethyl adjacent to an activating group) is 1. The summed E-state index contributed by atoms with van der Waals surface area (Å²) in [6, 6.07) is 7.06. The van der Waals surface area contributed by atoms with Gasteiger partial charge in [-0.25, -0.2) is 0 Å². The second-order valence-corrected chi connectivity index (χ2v) is 7.09. The summed E-state index contributed by atoms with van der Waals surface area (Å²) in [5, 5.41) is 2.93. The Morgan fingerprint density at radius 1 is 1.15 bits per heavy atom. The first-order valence-electron chi connectivity index (χ1n) is 8.87. The molecule has 1 saturated carbocycles. The number of halogens is 1. The molecule has 2 rings (SSSR count). The van der Waals surface area contributed by atoms with Gasteiger partial charge in [-0.3, -0.25) is 9.59 Å². The molecule has 0 unspecified atom stereocenters. The minimum absolute atomic E-state index is 0. The lowest BCUT2D eigenvalue weighted by Gasteiger charge is -2.35. The molecule has 0 atom stereocenters. The number of amides is 2. The first-order chi connectivity index (χ1) is 11.9. The second kappa shape index (κ2) is 10.4. The van der Waals surface area contributed by atoms with Gasteiger partial charge in [0, 0.05) is 26.2 Å². The fourth-order valence-electron chi connectivity index (χ4n) is 3.21. The minimum Gasteiger partial charge on any atom is -0.484 e. The molecule has 1 aromatic rings. The molecule has 1 aliphatic carbocycles. The fraction of sp³-hybridized carbons (Fsp3) is 0.579. The van der Waals surface area contributed by atoms with E-state index in [1.54, 1.807) is 38.4 Å². The molecular weight excluding hydrogens is 354 g/mol. The monoisotopic (exact) mass is 383 g/mol. The lowest BCUT2D eigenvalue weighted by molar-refractivity contribution is -0.130. The van der Waals surface area contributed by atoms with Gasteiger partial charge in [0.2, 0.25) is 5.91 Å². The molecule has 3 N–H and O–H groups in total. The SMILES string of the molecule is CN(C)C(=O)COc1ccc(NC(=O)CC2(CN)CCCCC2)cc1.Cl.